The summed E-state index contributed by atoms with van der Waals surface area (Å²) in [6.45, 7) is -0.0648. The fraction of sp³-hybridized carbons (Fsp3) is 0.286. The zero-order valence-electron chi connectivity index (χ0n) is 11.8. The molecule has 1 heterocycles. The van der Waals surface area contributed by atoms with E-state index in [0.29, 0.717) is 14.4 Å². The van der Waals surface area contributed by atoms with E-state index in [1.807, 2.05) is 0 Å². The van der Waals surface area contributed by atoms with Gasteiger partial charge < -0.3 is 0 Å². The predicted molar refractivity (Wildman–Crippen MR) is 89.0 cm³/mol. The molecule has 0 N–H and O–H groups in total. The Kier molecular flexibility index (Phi) is 4.64. The highest BCUT2D eigenvalue weighted by molar-refractivity contribution is 7.89. The van der Waals surface area contributed by atoms with Gasteiger partial charge in [-0.1, -0.05) is 23.2 Å². The molecule has 122 valence electrons. The van der Waals surface area contributed by atoms with Crippen LogP contribution >= 0.6 is 34.5 Å². The van der Waals surface area contributed by atoms with Crippen LogP contribution < -0.4 is 0 Å². The maximum Gasteiger partial charge on any atom is 0.266 e. The van der Waals surface area contributed by atoms with Gasteiger partial charge in [-0.25, -0.2) is 17.7 Å². The summed E-state index contributed by atoms with van der Waals surface area (Å²) in [5, 5.41) is 0.429. The van der Waals surface area contributed by atoms with Gasteiger partial charge in [-0.3, -0.25) is 4.79 Å². The van der Waals surface area contributed by atoms with Crippen molar-refractivity contribution >= 4 is 50.5 Å². The summed E-state index contributed by atoms with van der Waals surface area (Å²) >= 11 is 12.7. The summed E-state index contributed by atoms with van der Waals surface area (Å²) in [6.07, 6.45) is 2.92. The van der Waals surface area contributed by atoms with Crippen molar-refractivity contribution < 1.29 is 13.2 Å². The molecule has 1 saturated carbocycles. The number of amides is 1. The van der Waals surface area contributed by atoms with Gasteiger partial charge in [0.2, 0.25) is 5.91 Å². The van der Waals surface area contributed by atoms with Crippen molar-refractivity contribution in [1.29, 1.82) is 0 Å². The fourth-order valence-corrected chi connectivity index (χ4v) is 4.65. The van der Waals surface area contributed by atoms with Gasteiger partial charge >= 0.3 is 0 Å². The lowest BCUT2D eigenvalue weighted by atomic mass is 10.4. The molecule has 1 amide bonds. The van der Waals surface area contributed by atoms with Crippen molar-refractivity contribution in [3.8, 4) is 0 Å². The molecule has 23 heavy (non-hydrogen) atoms. The van der Waals surface area contributed by atoms with E-state index >= 15 is 0 Å². The van der Waals surface area contributed by atoms with Gasteiger partial charge in [-0.05, 0) is 37.1 Å². The van der Waals surface area contributed by atoms with Crippen LogP contribution in [0.15, 0.2) is 35.4 Å². The van der Waals surface area contributed by atoms with E-state index in [4.69, 9.17) is 23.2 Å². The summed E-state index contributed by atoms with van der Waals surface area (Å²) in [5.74, 6) is -0.607. The largest absolute Gasteiger partial charge is 0.273 e. The third-order valence-electron chi connectivity index (χ3n) is 3.40. The number of benzene rings is 1. The van der Waals surface area contributed by atoms with E-state index in [0.717, 1.165) is 28.5 Å². The van der Waals surface area contributed by atoms with Crippen LogP contribution in [0.2, 0.25) is 9.49 Å². The molecule has 0 unspecified atom stereocenters. The first-order valence-electron chi connectivity index (χ1n) is 6.80. The van der Waals surface area contributed by atoms with Gasteiger partial charge in [0.15, 0.2) is 4.47 Å². The topological polar surface area (TPSA) is 67.3 Å². The van der Waals surface area contributed by atoms with E-state index in [-0.39, 0.29) is 23.3 Å². The number of carbonyl (C=O) groups excluding carboxylic acids is 1. The maximum absolute atomic E-state index is 12.8. The Balaban J connectivity index is 1.96. The minimum atomic E-state index is -3.95. The summed E-state index contributed by atoms with van der Waals surface area (Å²) in [7, 11) is -3.95. The molecule has 0 saturated heterocycles. The highest BCUT2D eigenvalue weighted by Gasteiger charge is 2.39. The molecule has 1 fully saturated rings. The molecular weight excluding hydrogens is 379 g/mol. The Labute approximate surface area is 147 Å². The van der Waals surface area contributed by atoms with Crippen molar-refractivity contribution in [2.75, 3.05) is 0 Å². The molecule has 0 radical (unpaired) electrons. The van der Waals surface area contributed by atoms with Crippen molar-refractivity contribution in [1.82, 2.24) is 9.29 Å². The molecule has 3 rings (SSSR count). The average Bonchev–Trinajstić information content (AvgIpc) is 3.27. The molecule has 5 nitrogen and oxygen atoms in total. The van der Waals surface area contributed by atoms with Gasteiger partial charge in [0, 0.05) is 22.0 Å². The zero-order valence-corrected chi connectivity index (χ0v) is 14.9. The Bertz CT molecular complexity index is 830. The minimum Gasteiger partial charge on any atom is -0.273 e. The van der Waals surface area contributed by atoms with Gasteiger partial charge in [0.05, 0.1) is 11.4 Å². The average molecular weight is 391 g/mol. The molecule has 1 aliphatic rings. The quantitative estimate of drug-likeness (QED) is 0.782. The lowest BCUT2D eigenvalue weighted by Gasteiger charge is -2.22. The Morgan fingerprint density at radius 2 is 1.91 bits per heavy atom. The Morgan fingerprint density at radius 3 is 2.43 bits per heavy atom. The van der Waals surface area contributed by atoms with Crippen LogP contribution in [-0.4, -0.2) is 23.6 Å². The van der Waals surface area contributed by atoms with Crippen LogP contribution in [0.25, 0.3) is 0 Å². The van der Waals surface area contributed by atoms with Crippen molar-refractivity contribution in [2.24, 2.45) is 5.92 Å². The number of nitrogens with zero attached hydrogens (tertiary/aromatic N) is 2. The van der Waals surface area contributed by atoms with Crippen LogP contribution in [0.1, 0.15) is 17.7 Å². The molecule has 1 aromatic heterocycles. The zero-order chi connectivity index (χ0) is 16.6. The van der Waals surface area contributed by atoms with Crippen molar-refractivity contribution in [3.63, 3.8) is 0 Å². The highest BCUT2D eigenvalue weighted by Crippen LogP contribution is 2.34. The normalized spacial score (nSPS) is 14.7. The van der Waals surface area contributed by atoms with E-state index < -0.39 is 10.0 Å². The second kappa shape index (κ2) is 6.39. The van der Waals surface area contributed by atoms with Gasteiger partial charge in [0.25, 0.3) is 10.0 Å². The number of carbonyl (C=O) groups is 1. The number of sulfonamides is 1. The number of hydrogen-bond donors (Lipinski definition) is 0. The predicted octanol–water partition coefficient (Wildman–Crippen LogP) is 3.58. The van der Waals surface area contributed by atoms with E-state index in [9.17, 15) is 13.2 Å². The Morgan fingerprint density at radius 1 is 1.26 bits per heavy atom. The number of hydrogen-bond acceptors (Lipinski definition) is 5. The number of rotatable bonds is 5. The monoisotopic (exact) mass is 390 g/mol. The smallest absolute Gasteiger partial charge is 0.266 e. The Hall–Kier alpha value is -1.15. The van der Waals surface area contributed by atoms with E-state index in [1.165, 1.54) is 30.5 Å². The second-order valence-electron chi connectivity index (χ2n) is 5.16. The van der Waals surface area contributed by atoms with Crippen LogP contribution in [-0.2, 0) is 21.4 Å². The van der Waals surface area contributed by atoms with Crippen molar-refractivity contribution in [2.45, 2.75) is 24.3 Å². The van der Waals surface area contributed by atoms with Crippen LogP contribution in [0, 0.1) is 5.92 Å². The van der Waals surface area contributed by atoms with Gasteiger partial charge in [-0.15, -0.1) is 11.3 Å². The SMILES string of the molecule is O=C(C1CC1)N(Cc1cnc(Cl)s1)S(=O)(=O)c1ccc(Cl)cc1. The summed E-state index contributed by atoms with van der Waals surface area (Å²) in [4.78, 5) is 17.0. The first-order valence-corrected chi connectivity index (χ1v) is 9.81. The van der Waals surface area contributed by atoms with Crippen LogP contribution in [0.5, 0.6) is 0 Å². The summed E-state index contributed by atoms with van der Waals surface area (Å²) in [5.41, 5.74) is 0. The minimum absolute atomic E-state index is 0.0338. The van der Waals surface area contributed by atoms with E-state index in [1.54, 1.807) is 0 Å². The number of halogens is 2. The fourth-order valence-electron chi connectivity index (χ4n) is 2.05. The maximum atomic E-state index is 12.8. The molecule has 0 atom stereocenters. The molecule has 0 spiro atoms. The molecule has 9 heteroatoms. The van der Waals surface area contributed by atoms with Crippen LogP contribution in [0.3, 0.4) is 0 Å². The van der Waals surface area contributed by atoms with Gasteiger partial charge in [0.1, 0.15) is 0 Å². The van der Waals surface area contributed by atoms with Crippen molar-refractivity contribution in [3.05, 3.63) is 44.8 Å². The number of aromatic nitrogens is 1. The molecule has 2 aromatic rings. The lowest BCUT2D eigenvalue weighted by Crippen LogP contribution is -2.37. The van der Waals surface area contributed by atoms with E-state index in [2.05, 4.69) is 4.98 Å². The first kappa shape index (κ1) is 16.7. The third-order valence-corrected chi connectivity index (χ3v) is 6.51. The highest BCUT2D eigenvalue weighted by atomic mass is 35.5. The molecule has 0 bridgehead atoms. The second-order valence-corrected chi connectivity index (χ2v) is 9.15. The standard InChI is InChI=1S/C14H12Cl2N2O3S2/c15-10-3-5-12(6-4-10)23(20,21)18(13(19)9-1-2-9)8-11-7-17-14(16)22-11/h3-7,9H,1-2,8H2. The number of thiazole rings is 1. The molecular formula is C14H12Cl2N2O3S2. The molecule has 0 aliphatic heterocycles. The third kappa shape index (κ3) is 3.68. The lowest BCUT2D eigenvalue weighted by molar-refractivity contribution is -0.128. The molecule has 1 aromatic carbocycles. The van der Waals surface area contributed by atoms with Crippen LogP contribution in [0.4, 0.5) is 0 Å². The molecule has 1 aliphatic carbocycles. The van der Waals surface area contributed by atoms with Gasteiger partial charge in [-0.2, -0.15) is 0 Å². The summed E-state index contributed by atoms with van der Waals surface area (Å²) in [6, 6.07) is 5.75. The summed E-state index contributed by atoms with van der Waals surface area (Å²) < 4.78 is 26.9. The first-order chi connectivity index (χ1) is 10.9.